The van der Waals surface area contributed by atoms with Crippen LogP contribution in [0.3, 0.4) is 0 Å². The fourth-order valence-corrected chi connectivity index (χ4v) is 2.36. The van der Waals surface area contributed by atoms with Crippen LogP contribution in [0.25, 0.3) is 0 Å². The van der Waals surface area contributed by atoms with E-state index in [1.807, 2.05) is 27.7 Å². The van der Waals surface area contributed by atoms with Gasteiger partial charge < -0.3 is 14.5 Å². The molecule has 1 fully saturated rings. The van der Waals surface area contributed by atoms with Gasteiger partial charge in [0.05, 0.1) is 6.04 Å². The van der Waals surface area contributed by atoms with Gasteiger partial charge in [0, 0.05) is 19.6 Å². The third-order valence-corrected chi connectivity index (χ3v) is 3.26. The second-order valence-electron chi connectivity index (χ2n) is 5.68. The number of halogens is 1. The van der Waals surface area contributed by atoms with Gasteiger partial charge in [0.15, 0.2) is 0 Å². The number of carbonyl (C=O) groups is 2. The predicted octanol–water partition coefficient (Wildman–Crippen LogP) is 2.08. The Bertz CT molecular complexity index is 341. The third kappa shape index (κ3) is 4.56. The molecule has 0 aromatic carbocycles. The molecule has 0 radical (unpaired) electrons. The van der Waals surface area contributed by atoms with Crippen molar-refractivity contribution in [3.63, 3.8) is 0 Å². The Labute approximate surface area is 119 Å². The molecule has 1 saturated heterocycles. The van der Waals surface area contributed by atoms with Crippen molar-refractivity contribution in [2.24, 2.45) is 0 Å². The molecule has 0 unspecified atom stereocenters. The average Bonchev–Trinajstić information content (AvgIpc) is 2.77. The number of likely N-dealkylation sites (N-methyl/N-ethyl adjacent to an activating group) is 1. The van der Waals surface area contributed by atoms with Crippen molar-refractivity contribution in [3.05, 3.63) is 0 Å². The molecule has 0 aromatic rings. The van der Waals surface area contributed by atoms with Crippen LogP contribution in [0.4, 0.5) is 4.79 Å². The molecule has 0 N–H and O–H groups in total. The summed E-state index contributed by atoms with van der Waals surface area (Å²) in [4.78, 5) is 27.0. The van der Waals surface area contributed by atoms with Gasteiger partial charge in [-0.3, -0.25) is 4.79 Å². The minimum Gasteiger partial charge on any atom is -0.444 e. The summed E-state index contributed by atoms with van der Waals surface area (Å²) in [6.07, 6.45) is 0.458. The quantitative estimate of drug-likeness (QED) is 0.748. The fourth-order valence-electron chi connectivity index (χ4n) is 2.20. The van der Waals surface area contributed by atoms with E-state index in [0.29, 0.717) is 19.6 Å². The highest BCUT2D eigenvalue weighted by molar-refractivity contribution is 6.27. The van der Waals surface area contributed by atoms with E-state index < -0.39 is 5.60 Å². The van der Waals surface area contributed by atoms with E-state index in [-0.39, 0.29) is 23.9 Å². The van der Waals surface area contributed by atoms with Crippen molar-refractivity contribution in [2.75, 3.05) is 25.5 Å². The molecule has 0 aromatic heterocycles. The summed E-state index contributed by atoms with van der Waals surface area (Å²) < 4.78 is 5.33. The number of alkyl halides is 1. The van der Waals surface area contributed by atoms with E-state index in [1.54, 1.807) is 9.80 Å². The number of hydrogen-bond acceptors (Lipinski definition) is 3. The summed E-state index contributed by atoms with van der Waals surface area (Å²) in [5.41, 5.74) is -0.494. The number of rotatable bonds is 3. The van der Waals surface area contributed by atoms with Crippen molar-refractivity contribution < 1.29 is 14.3 Å². The Kier molecular flexibility index (Phi) is 5.47. The van der Waals surface area contributed by atoms with Gasteiger partial charge in [-0.2, -0.15) is 0 Å². The first-order valence-corrected chi connectivity index (χ1v) is 7.15. The summed E-state index contributed by atoms with van der Waals surface area (Å²) in [5.74, 6) is -0.100. The van der Waals surface area contributed by atoms with Gasteiger partial charge in [0.25, 0.3) is 0 Å². The predicted molar refractivity (Wildman–Crippen MR) is 74.3 cm³/mol. The molecular weight excluding hydrogens is 268 g/mol. The van der Waals surface area contributed by atoms with Crippen molar-refractivity contribution in [1.29, 1.82) is 0 Å². The van der Waals surface area contributed by atoms with Crippen LogP contribution in [0.5, 0.6) is 0 Å². The fraction of sp³-hybridized carbons (Fsp3) is 0.846. The Morgan fingerprint density at radius 1 is 1.42 bits per heavy atom. The van der Waals surface area contributed by atoms with Crippen molar-refractivity contribution in [3.8, 4) is 0 Å². The van der Waals surface area contributed by atoms with Gasteiger partial charge in [-0.05, 0) is 34.1 Å². The van der Waals surface area contributed by atoms with E-state index in [0.717, 1.165) is 6.42 Å². The average molecular weight is 291 g/mol. The summed E-state index contributed by atoms with van der Waals surface area (Å²) in [6.45, 7) is 9.19. The van der Waals surface area contributed by atoms with Gasteiger partial charge in [0.1, 0.15) is 11.5 Å². The molecule has 0 spiro atoms. The molecule has 110 valence electrons. The molecule has 0 aliphatic carbocycles. The van der Waals surface area contributed by atoms with Crippen molar-refractivity contribution in [2.45, 2.75) is 45.8 Å². The number of amides is 2. The smallest absolute Gasteiger partial charge is 0.410 e. The maximum Gasteiger partial charge on any atom is 0.410 e. The highest BCUT2D eigenvalue weighted by Crippen LogP contribution is 2.19. The van der Waals surface area contributed by atoms with E-state index in [9.17, 15) is 9.59 Å². The minimum absolute atomic E-state index is 0.0171. The van der Waals surface area contributed by atoms with Crippen molar-refractivity contribution >= 4 is 23.6 Å². The lowest BCUT2D eigenvalue weighted by Crippen LogP contribution is -2.43. The zero-order valence-corrected chi connectivity index (χ0v) is 12.9. The molecule has 19 heavy (non-hydrogen) atoms. The first-order chi connectivity index (χ1) is 8.78. The SMILES string of the molecule is CCN(C(=O)CCl)[C@H]1CCN(C(=O)OC(C)(C)C)C1. The maximum atomic E-state index is 11.9. The molecule has 6 heteroatoms. The molecular formula is C13H23ClN2O3. The lowest BCUT2D eigenvalue weighted by Gasteiger charge is -2.28. The summed E-state index contributed by atoms with van der Waals surface area (Å²) in [7, 11) is 0. The van der Waals surface area contributed by atoms with E-state index in [2.05, 4.69) is 0 Å². The topological polar surface area (TPSA) is 49.9 Å². The second kappa shape index (κ2) is 6.46. The molecule has 1 heterocycles. The lowest BCUT2D eigenvalue weighted by molar-refractivity contribution is -0.130. The number of hydrogen-bond donors (Lipinski definition) is 0. The van der Waals surface area contributed by atoms with Crippen LogP contribution in [0.1, 0.15) is 34.1 Å². The van der Waals surface area contributed by atoms with Crippen LogP contribution < -0.4 is 0 Å². The zero-order valence-electron chi connectivity index (χ0n) is 12.1. The Hall–Kier alpha value is -0.970. The zero-order chi connectivity index (χ0) is 14.6. The Balaban J connectivity index is 2.57. The van der Waals surface area contributed by atoms with Crippen LogP contribution in [-0.2, 0) is 9.53 Å². The molecule has 0 saturated carbocycles. The lowest BCUT2D eigenvalue weighted by atomic mass is 10.2. The highest BCUT2D eigenvalue weighted by Gasteiger charge is 2.33. The first-order valence-electron chi connectivity index (χ1n) is 6.62. The second-order valence-corrected chi connectivity index (χ2v) is 5.95. The summed E-state index contributed by atoms with van der Waals surface area (Å²) in [5, 5.41) is 0. The first kappa shape index (κ1) is 16.1. The van der Waals surface area contributed by atoms with Gasteiger partial charge >= 0.3 is 6.09 Å². The summed E-state index contributed by atoms with van der Waals surface area (Å²) >= 11 is 5.59. The number of likely N-dealkylation sites (tertiary alicyclic amines) is 1. The normalized spacial score (nSPS) is 19.4. The van der Waals surface area contributed by atoms with Gasteiger partial charge in [-0.1, -0.05) is 0 Å². The molecule has 1 rings (SSSR count). The third-order valence-electron chi connectivity index (χ3n) is 3.03. The van der Waals surface area contributed by atoms with E-state index in [1.165, 1.54) is 0 Å². The highest BCUT2D eigenvalue weighted by atomic mass is 35.5. The molecule has 5 nitrogen and oxygen atoms in total. The van der Waals surface area contributed by atoms with Crippen LogP contribution in [0, 0.1) is 0 Å². The molecule has 1 aliphatic heterocycles. The number of carbonyl (C=O) groups excluding carboxylic acids is 2. The molecule has 1 atom stereocenters. The standard InChI is InChI=1S/C13H23ClN2O3/c1-5-16(11(17)8-14)10-6-7-15(9-10)12(18)19-13(2,3)4/h10H,5-9H2,1-4H3/t10-/m0/s1. The van der Waals surface area contributed by atoms with Gasteiger partial charge in [-0.25, -0.2) is 4.79 Å². The van der Waals surface area contributed by atoms with E-state index in [4.69, 9.17) is 16.3 Å². The maximum absolute atomic E-state index is 11.9. The van der Waals surface area contributed by atoms with Crippen LogP contribution >= 0.6 is 11.6 Å². The van der Waals surface area contributed by atoms with E-state index >= 15 is 0 Å². The van der Waals surface area contributed by atoms with Crippen LogP contribution in [0.15, 0.2) is 0 Å². The van der Waals surface area contributed by atoms with Crippen LogP contribution in [-0.4, -0.2) is 59.0 Å². The number of nitrogens with zero attached hydrogens (tertiary/aromatic N) is 2. The molecule has 2 amide bonds. The summed E-state index contributed by atoms with van der Waals surface area (Å²) in [6, 6.07) is 0.0452. The van der Waals surface area contributed by atoms with Gasteiger partial charge in [-0.15, -0.1) is 11.6 Å². The van der Waals surface area contributed by atoms with Gasteiger partial charge in [0.2, 0.25) is 5.91 Å². The van der Waals surface area contributed by atoms with Crippen LogP contribution in [0.2, 0.25) is 0 Å². The monoisotopic (exact) mass is 290 g/mol. The molecule has 1 aliphatic rings. The largest absolute Gasteiger partial charge is 0.444 e. The molecule has 0 bridgehead atoms. The van der Waals surface area contributed by atoms with Crippen molar-refractivity contribution in [1.82, 2.24) is 9.80 Å². The Morgan fingerprint density at radius 3 is 2.53 bits per heavy atom. The number of ether oxygens (including phenoxy) is 1. The minimum atomic E-state index is -0.494. The Morgan fingerprint density at radius 2 is 2.05 bits per heavy atom.